The minimum atomic E-state index is -2.67. The van der Waals surface area contributed by atoms with E-state index in [1.54, 1.807) is 18.3 Å². The quantitative estimate of drug-likeness (QED) is 0.685. The Morgan fingerprint density at radius 2 is 1.92 bits per heavy atom. The van der Waals surface area contributed by atoms with Gasteiger partial charge in [0.15, 0.2) is 0 Å². The molecule has 1 amide bonds. The summed E-state index contributed by atoms with van der Waals surface area (Å²) in [4.78, 5) is 16.6. The van der Waals surface area contributed by atoms with Gasteiger partial charge in [-0.15, -0.1) is 11.3 Å². The second-order valence-corrected chi connectivity index (χ2v) is 8.08. The van der Waals surface area contributed by atoms with E-state index in [9.17, 15) is 13.2 Å². The van der Waals surface area contributed by atoms with Gasteiger partial charge in [-0.25, -0.2) is 13.4 Å². The Morgan fingerprint density at radius 1 is 1.25 bits per heavy atom. The number of nitrogens with zero attached hydrogens (tertiary/aromatic N) is 1. The van der Waals surface area contributed by atoms with E-state index >= 15 is 0 Å². The fourth-order valence-electron chi connectivity index (χ4n) is 2.04. The molecule has 8 heteroatoms. The van der Waals surface area contributed by atoms with Crippen molar-refractivity contribution in [1.82, 2.24) is 10.3 Å². The number of amides is 1. The molecule has 24 heavy (non-hydrogen) atoms. The Balaban J connectivity index is 2.15. The summed E-state index contributed by atoms with van der Waals surface area (Å²) >= 11 is 1.50. The van der Waals surface area contributed by atoms with Gasteiger partial charge in [-0.05, 0) is 24.1 Å². The fraction of sp³-hybridized carbons (Fsp3) is 0.375. The van der Waals surface area contributed by atoms with Crippen molar-refractivity contribution in [2.24, 2.45) is 5.41 Å². The molecule has 0 radical (unpaired) electrons. The van der Waals surface area contributed by atoms with Crippen LogP contribution in [0.25, 0.3) is 0 Å². The largest absolute Gasteiger partial charge is 0.346 e. The number of carbonyl (C=O) groups is 1. The predicted molar refractivity (Wildman–Crippen MR) is 96.5 cm³/mol. The Labute approximate surface area is 147 Å². The van der Waals surface area contributed by atoms with Gasteiger partial charge in [0, 0.05) is 22.7 Å². The van der Waals surface area contributed by atoms with Crippen LogP contribution in [0.15, 0.2) is 35.8 Å². The van der Waals surface area contributed by atoms with Crippen molar-refractivity contribution < 1.29 is 13.2 Å². The number of thiol groups is 1. The zero-order chi connectivity index (χ0) is 17.7. The van der Waals surface area contributed by atoms with Crippen LogP contribution in [0, 0.1) is 5.41 Å². The van der Waals surface area contributed by atoms with Gasteiger partial charge in [-0.1, -0.05) is 32.9 Å². The van der Waals surface area contributed by atoms with Crippen LogP contribution in [0.4, 0.5) is 5.69 Å². The summed E-state index contributed by atoms with van der Waals surface area (Å²) < 4.78 is 23.7. The van der Waals surface area contributed by atoms with E-state index in [1.807, 2.05) is 38.3 Å². The summed E-state index contributed by atoms with van der Waals surface area (Å²) in [5.74, 6) is -0.0376. The standard InChI is InChI=1S/C16H21N3O3S2/c1-16(2,3)15(20)18-13(14-17-8-9-23-14)10-11-4-6-12(7-5-11)19-24(21)22/h4-9,13,24H,10H2,1-3H3,(H,18,20)(H,19,21,22)/t13-/m0/s1. The molecule has 1 aromatic carbocycles. The number of nitrogens with one attached hydrogen (secondary N) is 2. The number of anilines is 1. The third kappa shape index (κ3) is 5.31. The van der Waals surface area contributed by atoms with Crippen LogP contribution in [-0.2, 0) is 22.1 Å². The van der Waals surface area contributed by atoms with E-state index in [1.165, 1.54) is 11.3 Å². The number of hydrogen-bond donors (Lipinski definition) is 3. The average Bonchev–Trinajstić information content (AvgIpc) is 3.01. The van der Waals surface area contributed by atoms with E-state index in [0.29, 0.717) is 12.1 Å². The van der Waals surface area contributed by atoms with Crippen molar-refractivity contribution >= 4 is 33.8 Å². The molecule has 2 aromatic rings. The molecule has 1 heterocycles. The first kappa shape index (κ1) is 18.4. The minimum absolute atomic E-state index is 0.0376. The minimum Gasteiger partial charge on any atom is -0.346 e. The fourth-order valence-corrected chi connectivity index (χ4v) is 3.09. The van der Waals surface area contributed by atoms with E-state index in [0.717, 1.165) is 10.6 Å². The number of aromatic nitrogens is 1. The van der Waals surface area contributed by atoms with Crippen LogP contribution in [-0.4, -0.2) is 19.3 Å². The molecule has 1 atom stereocenters. The summed E-state index contributed by atoms with van der Waals surface area (Å²) in [5.41, 5.74) is 1.01. The highest BCUT2D eigenvalue weighted by Crippen LogP contribution is 2.24. The second kappa shape index (κ2) is 7.76. The molecular weight excluding hydrogens is 346 g/mol. The molecule has 1 aromatic heterocycles. The van der Waals surface area contributed by atoms with E-state index in [4.69, 9.17) is 0 Å². The Hall–Kier alpha value is -1.93. The highest BCUT2D eigenvalue weighted by molar-refractivity contribution is 7.73. The van der Waals surface area contributed by atoms with Crippen LogP contribution < -0.4 is 10.0 Å². The molecule has 0 spiro atoms. The summed E-state index contributed by atoms with van der Waals surface area (Å²) in [7, 11) is -2.67. The predicted octanol–water partition coefficient (Wildman–Crippen LogP) is 2.53. The number of carbonyl (C=O) groups excluding carboxylic acids is 1. The van der Waals surface area contributed by atoms with E-state index in [2.05, 4.69) is 15.0 Å². The summed E-state index contributed by atoms with van der Waals surface area (Å²) in [6, 6.07) is 6.86. The lowest BCUT2D eigenvalue weighted by molar-refractivity contribution is -0.129. The smallest absolute Gasteiger partial charge is 0.225 e. The molecule has 0 unspecified atom stereocenters. The maximum atomic E-state index is 12.3. The molecule has 0 fully saturated rings. The summed E-state index contributed by atoms with van der Waals surface area (Å²) in [6.07, 6.45) is 2.30. The van der Waals surface area contributed by atoms with Crippen molar-refractivity contribution in [1.29, 1.82) is 0 Å². The topological polar surface area (TPSA) is 88.2 Å². The molecule has 6 nitrogen and oxygen atoms in total. The van der Waals surface area contributed by atoms with Gasteiger partial charge in [0.1, 0.15) is 5.01 Å². The van der Waals surface area contributed by atoms with Crippen molar-refractivity contribution in [3.63, 3.8) is 0 Å². The second-order valence-electron chi connectivity index (χ2n) is 6.42. The first-order valence-corrected chi connectivity index (χ1v) is 9.52. The lowest BCUT2D eigenvalue weighted by Gasteiger charge is -2.23. The van der Waals surface area contributed by atoms with Crippen molar-refractivity contribution in [2.45, 2.75) is 33.2 Å². The van der Waals surface area contributed by atoms with Gasteiger partial charge in [-0.3, -0.25) is 9.52 Å². The Morgan fingerprint density at radius 3 is 2.42 bits per heavy atom. The normalized spacial score (nSPS) is 12.8. The van der Waals surface area contributed by atoms with Gasteiger partial charge >= 0.3 is 0 Å². The molecule has 0 aliphatic rings. The van der Waals surface area contributed by atoms with Gasteiger partial charge in [0.2, 0.25) is 16.8 Å². The average molecular weight is 367 g/mol. The van der Waals surface area contributed by atoms with E-state index in [-0.39, 0.29) is 11.9 Å². The van der Waals surface area contributed by atoms with Crippen LogP contribution >= 0.6 is 11.3 Å². The first-order valence-electron chi connectivity index (χ1n) is 7.46. The monoisotopic (exact) mass is 367 g/mol. The van der Waals surface area contributed by atoms with Crippen LogP contribution in [0.3, 0.4) is 0 Å². The van der Waals surface area contributed by atoms with Crippen molar-refractivity contribution in [3.05, 3.63) is 46.4 Å². The molecule has 0 bridgehead atoms. The molecule has 2 N–H and O–H groups in total. The number of hydrogen-bond acceptors (Lipinski definition) is 5. The molecule has 130 valence electrons. The van der Waals surface area contributed by atoms with Gasteiger partial charge in [-0.2, -0.15) is 0 Å². The molecule has 0 aliphatic heterocycles. The molecule has 0 saturated heterocycles. The highest BCUT2D eigenvalue weighted by atomic mass is 32.2. The highest BCUT2D eigenvalue weighted by Gasteiger charge is 2.26. The first-order chi connectivity index (χ1) is 11.3. The maximum absolute atomic E-state index is 12.3. The molecule has 0 saturated carbocycles. The number of thiazole rings is 1. The van der Waals surface area contributed by atoms with Crippen LogP contribution in [0.5, 0.6) is 0 Å². The lowest BCUT2D eigenvalue weighted by atomic mass is 9.94. The molecular formula is C16H21N3O3S2. The molecule has 2 rings (SSSR count). The SMILES string of the molecule is CC(C)(C)C(=O)N[C@@H](Cc1ccc(N[SH](=O)=O)cc1)c1nccs1. The zero-order valence-electron chi connectivity index (χ0n) is 13.8. The maximum Gasteiger partial charge on any atom is 0.225 e. The lowest BCUT2D eigenvalue weighted by Crippen LogP contribution is -2.38. The third-order valence-electron chi connectivity index (χ3n) is 3.35. The number of rotatable bonds is 6. The Kier molecular flexibility index (Phi) is 5.95. The molecule has 0 aliphatic carbocycles. The van der Waals surface area contributed by atoms with E-state index < -0.39 is 16.3 Å². The zero-order valence-corrected chi connectivity index (χ0v) is 15.5. The van der Waals surface area contributed by atoms with Gasteiger partial charge in [0.05, 0.1) is 6.04 Å². The van der Waals surface area contributed by atoms with Crippen molar-refractivity contribution in [2.75, 3.05) is 4.72 Å². The van der Waals surface area contributed by atoms with Crippen LogP contribution in [0.2, 0.25) is 0 Å². The van der Waals surface area contributed by atoms with Gasteiger partial charge < -0.3 is 5.32 Å². The van der Waals surface area contributed by atoms with Gasteiger partial charge in [0.25, 0.3) is 0 Å². The Bertz CT molecular complexity index is 740. The summed E-state index contributed by atoms with van der Waals surface area (Å²) in [5, 5.41) is 5.77. The summed E-state index contributed by atoms with van der Waals surface area (Å²) in [6.45, 7) is 5.60. The third-order valence-corrected chi connectivity index (χ3v) is 4.68. The number of benzene rings is 1. The van der Waals surface area contributed by atoms with Crippen molar-refractivity contribution in [3.8, 4) is 0 Å². The van der Waals surface area contributed by atoms with Crippen LogP contribution in [0.1, 0.15) is 37.4 Å².